The molecule has 1 heterocycles. The molecule has 1 N–H and O–H groups in total. The lowest BCUT2D eigenvalue weighted by Gasteiger charge is -2.18. The van der Waals surface area contributed by atoms with E-state index >= 15 is 0 Å². The molecule has 2 amide bonds. The summed E-state index contributed by atoms with van der Waals surface area (Å²) in [6.45, 7) is 1.30. The number of hydrogen-bond donors (Lipinski definition) is 1. The van der Waals surface area contributed by atoms with Crippen LogP contribution in [0, 0.1) is 0 Å². The third kappa shape index (κ3) is 4.38. The van der Waals surface area contributed by atoms with Gasteiger partial charge in [0.05, 0.1) is 6.20 Å². The zero-order valence-corrected chi connectivity index (χ0v) is 14.8. The number of carbonyl (C=O) groups is 1. The van der Waals surface area contributed by atoms with E-state index in [4.69, 9.17) is 0 Å². The Morgan fingerprint density at radius 3 is 2.76 bits per heavy atom. The summed E-state index contributed by atoms with van der Waals surface area (Å²) >= 11 is 0. The van der Waals surface area contributed by atoms with Crippen molar-refractivity contribution in [2.75, 3.05) is 20.1 Å². The van der Waals surface area contributed by atoms with Crippen LogP contribution in [0.25, 0.3) is 10.8 Å². The molecule has 0 saturated heterocycles. The lowest BCUT2D eigenvalue weighted by molar-refractivity contribution is 0.209. The molecule has 130 valence electrons. The predicted molar refractivity (Wildman–Crippen MR) is 101 cm³/mol. The van der Waals surface area contributed by atoms with E-state index in [0.717, 1.165) is 18.4 Å². The summed E-state index contributed by atoms with van der Waals surface area (Å²) in [5.41, 5.74) is 2.40. The molecule has 0 atom stereocenters. The molecule has 1 aromatic heterocycles. The topological polar surface area (TPSA) is 50.2 Å². The van der Waals surface area contributed by atoms with Crippen LogP contribution in [0.4, 0.5) is 4.79 Å². The lowest BCUT2D eigenvalue weighted by atomic mass is 10.0. The first-order chi connectivity index (χ1) is 12.1. The minimum Gasteiger partial charge on any atom is -0.338 e. The van der Waals surface area contributed by atoms with Gasteiger partial charge in [-0.1, -0.05) is 42.5 Å². The molecule has 0 fully saturated rings. The van der Waals surface area contributed by atoms with Gasteiger partial charge in [-0.2, -0.15) is 5.10 Å². The van der Waals surface area contributed by atoms with E-state index in [1.54, 1.807) is 9.58 Å². The number of aryl methyl sites for hydroxylation is 1. The SMILES string of the molecule is CN(CCc1cccc2ccccc12)C(=O)NCCc1cnn(C)c1. The number of amides is 2. The molecule has 0 aliphatic heterocycles. The van der Waals surface area contributed by atoms with Crippen LogP contribution in [0.3, 0.4) is 0 Å². The van der Waals surface area contributed by atoms with E-state index < -0.39 is 0 Å². The highest BCUT2D eigenvalue weighted by atomic mass is 16.2. The highest BCUT2D eigenvalue weighted by molar-refractivity contribution is 5.85. The second kappa shape index (κ2) is 7.83. The number of carbonyl (C=O) groups excluding carboxylic acids is 1. The standard InChI is InChI=1S/C20H24N4O/c1-23(20(25)21-12-10-16-14-22-24(2)15-16)13-11-18-8-5-7-17-6-3-4-9-19(17)18/h3-9,14-15H,10-13H2,1-2H3,(H,21,25). The second-order valence-corrected chi connectivity index (χ2v) is 6.31. The molecule has 5 heteroatoms. The first-order valence-electron chi connectivity index (χ1n) is 8.56. The van der Waals surface area contributed by atoms with Gasteiger partial charge in [-0.25, -0.2) is 4.79 Å². The van der Waals surface area contributed by atoms with Crippen LogP contribution in [0.1, 0.15) is 11.1 Å². The fourth-order valence-corrected chi connectivity index (χ4v) is 2.95. The van der Waals surface area contributed by atoms with Crippen molar-refractivity contribution in [3.63, 3.8) is 0 Å². The molecular formula is C20H24N4O. The molecule has 0 spiro atoms. The van der Waals surface area contributed by atoms with Gasteiger partial charge < -0.3 is 10.2 Å². The average molecular weight is 336 g/mol. The van der Waals surface area contributed by atoms with Crippen molar-refractivity contribution in [1.29, 1.82) is 0 Å². The summed E-state index contributed by atoms with van der Waals surface area (Å²) < 4.78 is 1.77. The Morgan fingerprint density at radius 2 is 1.96 bits per heavy atom. The fraction of sp³-hybridized carbons (Fsp3) is 0.300. The minimum atomic E-state index is -0.0378. The van der Waals surface area contributed by atoms with E-state index in [9.17, 15) is 4.79 Å². The molecule has 5 nitrogen and oxygen atoms in total. The fourth-order valence-electron chi connectivity index (χ4n) is 2.95. The van der Waals surface area contributed by atoms with Gasteiger partial charge in [0.2, 0.25) is 0 Å². The number of nitrogens with zero attached hydrogens (tertiary/aromatic N) is 3. The van der Waals surface area contributed by atoms with Crippen LogP contribution < -0.4 is 5.32 Å². The monoisotopic (exact) mass is 336 g/mol. The Balaban J connectivity index is 1.49. The van der Waals surface area contributed by atoms with E-state index in [1.807, 2.05) is 32.6 Å². The summed E-state index contributed by atoms with van der Waals surface area (Å²) in [7, 11) is 3.73. The van der Waals surface area contributed by atoms with Gasteiger partial charge in [-0.05, 0) is 34.7 Å². The Morgan fingerprint density at radius 1 is 1.16 bits per heavy atom. The maximum Gasteiger partial charge on any atom is 0.317 e. The van der Waals surface area contributed by atoms with Gasteiger partial charge >= 0.3 is 6.03 Å². The molecule has 3 rings (SSSR count). The Kier molecular flexibility index (Phi) is 5.33. The molecule has 0 saturated carbocycles. The van der Waals surface area contributed by atoms with Crippen molar-refractivity contribution in [3.8, 4) is 0 Å². The van der Waals surface area contributed by atoms with Gasteiger partial charge in [0.1, 0.15) is 0 Å². The van der Waals surface area contributed by atoms with Crippen LogP contribution in [-0.2, 0) is 19.9 Å². The molecule has 2 aromatic carbocycles. The van der Waals surface area contributed by atoms with Crippen molar-refractivity contribution in [2.45, 2.75) is 12.8 Å². The number of urea groups is 1. The largest absolute Gasteiger partial charge is 0.338 e. The van der Waals surface area contributed by atoms with Gasteiger partial charge in [0.25, 0.3) is 0 Å². The first kappa shape index (κ1) is 17.0. The number of rotatable bonds is 6. The summed E-state index contributed by atoms with van der Waals surface area (Å²) in [5, 5.41) is 9.59. The van der Waals surface area contributed by atoms with E-state index in [1.165, 1.54) is 16.3 Å². The third-order valence-electron chi connectivity index (χ3n) is 4.39. The minimum absolute atomic E-state index is 0.0378. The second-order valence-electron chi connectivity index (χ2n) is 6.31. The number of nitrogens with one attached hydrogen (secondary N) is 1. The zero-order chi connectivity index (χ0) is 17.6. The number of hydrogen-bond acceptors (Lipinski definition) is 2. The van der Waals surface area contributed by atoms with Crippen LogP contribution in [0.5, 0.6) is 0 Å². The van der Waals surface area contributed by atoms with Crippen LogP contribution in [0.2, 0.25) is 0 Å². The Labute approximate surface area is 148 Å². The average Bonchev–Trinajstić information content (AvgIpc) is 3.04. The van der Waals surface area contributed by atoms with Crippen LogP contribution in [0.15, 0.2) is 54.9 Å². The van der Waals surface area contributed by atoms with Crippen molar-refractivity contribution in [2.24, 2.45) is 7.05 Å². The Hall–Kier alpha value is -2.82. The summed E-state index contributed by atoms with van der Waals surface area (Å²) in [6, 6.07) is 14.7. The molecule has 0 aliphatic carbocycles. The van der Waals surface area contributed by atoms with Gasteiger partial charge in [-0.15, -0.1) is 0 Å². The number of benzene rings is 2. The van der Waals surface area contributed by atoms with Gasteiger partial charge in [-0.3, -0.25) is 4.68 Å². The normalized spacial score (nSPS) is 10.8. The first-order valence-corrected chi connectivity index (χ1v) is 8.56. The van der Waals surface area contributed by atoms with Crippen LogP contribution in [-0.4, -0.2) is 40.8 Å². The number of fused-ring (bicyclic) bond motifs is 1. The molecular weight excluding hydrogens is 312 g/mol. The highest BCUT2D eigenvalue weighted by Crippen LogP contribution is 2.18. The quantitative estimate of drug-likeness (QED) is 0.752. The summed E-state index contributed by atoms with van der Waals surface area (Å²) in [5.74, 6) is 0. The van der Waals surface area contributed by atoms with Gasteiger partial charge in [0, 0.05) is 33.4 Å². The molecule has 0 aliphatic rings. The molecule has 0 unspecified atom stereocenters. The molecule has 0 radical (unpaired) electrons. The molecule has 0 bridgehead atoms. The molecule has 25 heavy (non-hydrogen) atoms. The lowest BCUT2D eigenvalue weighted by Crippen LogP contribution is -2.39. The molecule has 3 aromatic rings. The maximum absolute atomic E-state index is 12.2. The van der Waals surface area contributed by atoms with Crippen molar-refractivity contribution in [3.05, 3.63) is 66.0 Å². The third-order valence-corrected chi connectivity index (χ3v) is 4.39. The van der Waals surface area contributed by atoms with Crippen molar-refractivity contribution in [1.82, 2.24) is 20.0 Å². The van der Waals surface area contributed by atoms with Gasteiger partial charge in [0.15, 0.2) is 0 Å². The van der Waals surface area contributed by atoms with Crippen molar-refractivity contribution < 1.29 is 4.79 Å². The summed E-state index contributed by atoms with van der Waals surface area (Å²) in [6.07, 6.45) is 5.43. The Bertz CT molecular complexity index is 850. The summed E-state index contributed by atoms with van der Waals surface area (Å²) in [4.78, 5) is 14.0. The van der Waals surface area contributed by atoms with Crippen LogP contribution >= 0.6 is 0 Å². The number of aromatic nitrogens is 2. The number of likely N-dealkylation sites (N-methyl/N-ethyl adjacent to an activating group) is 1. The van der Waals surface area contributed by atoms with E-state index in [-0.39, 0.29) is 6.03 Å². The van der Waals surface area contributed by atoms with E-state index in [0.29, 0.717) is 13.1 Å². The predicted octanol–water partition coefficient (Wildman–Crippen LogP) is 3.00. The smallest absolute Gasteiger partial charge is 0.317 e. The zero-order valence-electron chi connectivity index (χ0n) is 14.8. The van der Waals surface area contributed by atoms with E-state index in [2.05, 4.69) is 46.8 Å². The maximum atomic E-state index is 12.2. The van der Waals surface area contributed by atoms with Crippen molar-refractivity contribution >= 4 is 16.8 Å². The highest BCUT2D eigenvalue weighted by Gasteiger charge is 2.09.